The molecule has 0 saturated heterocycles. The third kappa shape index (κ3) is 10.0. The van der Waals surface area contributed by atoms with Crippen LogP contribution < -0.4 is 0 Å². The summed E-state index contributed by atoms with van der Waals surface area (Å²) >= 11 is 0. The van der Waals surface area contributed by atoms with Crippen LogP contribution in [-0.2, 0) is 26.2 Å². The van der Waals surface area contributed by atoms with Crippen LogP contribution >= 0.6 is 0 Å². The fourth-order valence-electron chi connectivity index (χ4n) is 0. The Kier molecular flexibility index (Phi) is 90.6. The van der Waals surface area contributed by atoms with Gasteiger partial charge in [0.05, 0.1) is 0 Å². The molecule has 0 atom stereocenters. The van der Waals surface area contributed by atoms with Gasteiger partial charge in [0.25, 0.3) is 0 Å². The Bertz CT molecular complexity index is 8.00. The predicted molar refractivity (Wildman–Crippen MR) is 12.9 cm³/mol. The van der Waals surface area contributed by atoms with Crippen LogP contribution in [0.4, 0.5) is 0 Å². The summed E-state index contributed by atoms with van der Waals surface area (Å²) in [6.45, 7) is 0. The number of hydrogen-bond acceptors (Lipinski definition) is 0. The van der Waals surface area contributed by atoms with E-state index >= 15 is 0 Å². The average Bonchev–Trinajstić information content (AvgIpc) is 0. The largest absolute Gasteiger partial charge is 0 e. The van der Waals surface area contributed by atoms with Gasteiger partial charge >= 0.3 is 68.9 Å². The van der Waals surface area contributed by atoms with Gasteiger partial charge in [-0.1, -0.05) is 0 Å². The van der Waals surface area contributed by atoms with E-state index in [1.165, 1.54) is 0 Å². The Hall–Kier alpha value is 4.90. The fraction of sp³-hybridized carbons (Fsp3) is 0. The van der Waals surface area contributed by atoms with Gasteiger partial charge in [-0.2, -0.15) is 0 Å². The quantitative estimate of drug-likeness (QED) is 0.354. The van der Waals surface area contributed by atoms with E-state index in [0.717, 1.165) is 0 Å². The van der Waals surface area contributed by atoms with Crippen LogP contribution in [-0.4, -0.2) is 88.7 Å². The molecule has 0 unspecified atom stereocenters. The molecule has 0 aliphatic carbocycles. The molecule has 0 heterocycles. The van der Waals surface area contributed by atoms with Gasteiger partial charge in [-0.3, -0.25) is 0 Å². The molecule has 0 aliphatic rings. The molecule has 0 nitrogen and oxygen atoms in total. The van der Waals surface area contributed by atoms with Crippen LogP contribution in [0.1, 0.15) is 0 Å². The Morgan fingerprint density at radius 3 is 1.00 bits per heavy atom. The van der Waals surface area contributed by atoms with Gasteiger partial charge < -0.3 is 0 Å². The number of rotatable bonds is 0. The van der Waals surface area contributed by atoms with Crippen molar-refractivity contribution in [3.8, 4) is 0 Å². The van der Waals surface area contributed by atoms with Crippen molar-refractivity contribution < 1.29 is 66.1 Å². The summed E-state index contributed by atoms with van der Waals surface area (Å²) in [5.74, 6) is 0. The second kappa shape index (κ2) is 15.7. The van der Waals surface area contributed by atoms with Crippen molar-refractivity contribution in [2.75, 3.05) is 0 Å². The molecule has 3 radical (unpaired) electrons. The van der Waals surface area contributed by atoms with Gasteiger partial charge in [0.15, 0.2) is 0 Å². The molecule has 0 aromatic carbocycles. The first kappa shape index (κ1) is 23.1. The molecule has 0 spiro atoms. The zero-order chi connectivity index (χ0) is 0. The van der Waals surface area contributed by atoms with Crippen LogP contribution in [0.25, 0.3) is 0 Å². The van der Waals surface area contributed by atoms with Crippen LogP contribution in [0.2, 0.25) is 0 Å². The Labute approximate surface area is 149 Å². The van der Waals surface area contributed by atoms with E-state index in [-0.39, 0.29) is 155 Å². The standard InChI is InChI=1S/Cs.Ga.Th.Zr.H. The van der Waals surface area contributed by atoms with Crippen molar-refractivity contribution in [1.29, 1.82) is 0 Å². The number of hydrogen-bond donors (Lipinski definition) is 0. The van der Waals surface area contributed by atoms with Gasteiger partial charge in [0.2, 0.25) is 0 Å². The summed E-state index contributed by atoms with van der Waals surface area (Å²) in [6.07, 6.45) is 0. The van der Waals surface area contributed by atoms with Crippen LogP contribution in [0, 0.1) is 39.9 Å². The van der Waals surface area contributed by atoms with Crippen LogP contribution in [0.3, 0.4) is 0 Å². The predicted octanol–water partition coefficient (Wildman–Crippen LogP) is -1.03. The summed E-state index contributed by atoms with van der Waals surface area (Å²) < 4.78 is 0. The molecule has 0 saturated carbocycles. The summed E-state index contributed by atoms with van der Waals surface area (Å²) in [4.78, 5) is 0. The average molecular weight is 527 g/mol. The minimum absolute atomic E-state index is 0. The smallest absolute Gasteiger partial charge is 0 e. The molecule has 0 aromatic rings. The Balaban J connectivity index is 0. The van der Waals surface area contributed by atoms with E-state index in [1.807, 2.05) is 0 Å². The van der Waals surface area contributed by atoms with Crippen molar-refractivity contribution in [3.63, 3.8) is 0 Å². The van der Waals surface area contributed by atoms with E-state index in [2.05, 4.69) is 0 Å². The van der Waals surface area contributed by atoms with Crippen LogP contribution in [0.5, 0.6) is 0 Å². The first-order valence-electron chi connectivity index (χ1n) is 0. The maximum Gasteiger partial charge on any atom is 0 e. The molecule has 0 aromatic heterocycles. The van der Waals surface area contributed by atoms with Crippen molar-refractivity contribution in [2.45, 2.75) is 0 Å². The molecule has 0 bridgehead atoms. The van der Waals surface area contributed by atoms with Gasteiger partial charge in [-0.15, -0.1) is 0 Å². The van der Waals surface area contributed by atoms with Gasteiger partial charge in [-0.05, 0) is 0 Å². The van der Waals surface area contributed by atoms with E-state index in [4.69, 9.17) is 0 Å². The molecule has 13 valence electrons. The van der Waals surface area contributed by atoms with Crippen molar-refractivity contribution >= 4 is 88.7 Å². The molecule has 4 heteroatoms. The minimum atomic E-state index is 0. The van der Waals surface area contributed by atoms with Gasteiger partial charge in [0.1, 0.15) is 0 Å². The summed E-state index contributed by atoms with van der Waals surface area (Å²) in [5.41, 5.74) is 0. The molecule has 4 heavy (non-hydrogen) atoms. The second-order valence-corrected chi connectivity index (χ2v) is 0. The molecule has 0 amide bonds. The van der Waals surface area contributed by atoms with E-state index < -0.39 is 0 Å². The van der Waals surface area contributed by atoms with E-state index in [1.54, 1.807) is 0 Å². The van der Waals surface area contributed by atoms with Crippen molar-refractivity contribution in [1.82, 2.24) is 0 Å². The Morgan fingerprint density at radius 2 is 1.00 bits per heavy atom. The zero-order valence-corrected chi connectivity index (χ0v) is 10.6. The van der Waals surface area contributed by atoms with Crippen molar-refractivity contribution in [3.05, 3.63) is 0 Å². The van der Waals surface area contributed by atoms with Gasteiger partial charge in [-0.25, -0.2) is 0 Å². The monoisotopic (exact) mass is 525 g/mol. The molecule has 0 N–H and O–H groups in total. The van der Waals surface area contributed by atoms with E-state index in [9.17, 15) is 0 Å². The zero-order valence-electron chi connectivity index (χ0n) is 1.58. The fourth-order valence-corrected chi connectivity index (χ4v) is 0. The maximum atomic E-state index is 0. The first-order valence-corrected chi connectivity index (χ1v) is 0. The molecular formula is HCsGaThZr. The topological polar surface area (TPSA) is 0 Å². The first-order chi connectivity index (χ1) is 0. The molecular weight excluding hydrogens is 526 g/mol. The second-order valence-electron chi connectivity index (χ2n) is 0. The SMILES string of the molecule is [CsH].[Ga].[Th].[Zr]. The third-order valence-corrected chi connectivity index (χ3v) is 0. The molecule has 0 fully saturated rings. The molecule has 0 rings (SSSR count). The summed E-state index contributed by atoms with van der Waals surface area (Å²) in [5, 5.41) is 0. The molecule has 0 aliphatic heterocycles. The summed E-state index contributed by atoms with van der Waals surface area (Å²) in [6, 6.07) is 0. The van der Waals surface area contributed by atoms with Crippen molar-refractivity contribution in [2.24, 2.45) is 0 Å². The van der Waals surface area contributed by atoms with E-state index in [0.29, 0.717) is 0 Å². The van der Waals surface area contributed by atoms with Crippen LogP contribution in [0.15, 0.2) is 0 Å². The Morgan fingerprint density at radius 1 is 1.00 bits per heavy atom. The third-order valence-electron chi connectivity index (χ3n) is 0. The normalized spacial score (nSPS) is 0. The maximum absolute atomic E-state index is 0. The minimum Gasteiger partial charge on any atom is 0 e. The summed E-state index contributed by atoms with van der Waals surface area (Å²) in [7, 11) is 0. The van der Waals surface area contributed by atoms with Gasteiger partial charge in [0, 0.05) is 85.9 Å².